The Bertz CT molecular complexity index is 240. The smallest absolute Gasteiger partial charge is 0.0249 e. The van der Waals surface area contributed by atoms with Crippen LogP contribution in [0, 0.1) is 5.92 Å². The summed E-state index contributed by atoms with van der Waals surface area (Å²) >= 11 is 0. The van der Waals surface area contributed by atoms with E-state index in [9.17, 15) is 0 Å². The summed E-state index contributed by atoms with van der Waals surface area (Å²) in [6, 6.07) is 1.46. The first kappa shape index (κ1) is 17.9. The number of likely N-dealkylation sites (N-methyl/N-ethyl adjacent to an activating group) is 1. The van der Waals surface area contributed by atoms with Crippen molar-refractivity contribution in [2.24, 2.45) is 5.92 Å². The fraction of sp³-hybridized carbons (Fsp3) is 1.00. The summed E-state index contributed by atoms with van der Waals surface area (Å²) in [5, 5.41) is 3.81. The lowest BCUT2D eigenvalue weighted by Gasteiger charge is -2.41. The van der Waals surface area contributed by atoms with E-state index in [2.05, 4.69) is 50.0 Å². The van der Waals surface area contributed by atoms with Crippen molar-refractivity contribution in [1.82, 2.24) is 15.1 Å². The number of hydrogen-bond acceptors (Lipinski definition) is 3. The van der Waals surface area contributed by atoms with Crippen molar-refractivity contribution < 1.29 is 0 Å². The molecule has 1 fully saturated rings. The van der Waals surface area contributed by atoms with Gasteiger partial charge in [-0.25, -0.2) is 0 Å². The Hall–Kier alpha value is -0.120. The molecule has 0 radical (unpaired) electrons. The maximum Gasteiger partial charge on any atom is 0.0249 e. The molecular formula is C17H37N3. The van der Waals surface area contributed by atoms with Crippen molar-refractivity contribution in [1.29, 1.82) is 0 Å². The zero-order chi connectivity index (χ0) is 15.0. The van der Waals surface area contributed by atoms with E-state index in [1.807, 2.05) is 0 Å². The average Bonchev–Trinajstić information content (AvgIpc) is 2.41. The number of rotatable bonds is 9. The number of nitrogens with zero attached hydrogens (tertiary/aromatic N) is 2. The highest BCUT2D eigenvalue weighted by Gasteiger charge is 2.29. The van der Waals surface area contributed by atoms with E-state index in [0.29, 0.717) is 6.04 Å². The van der Waals surface area contributed by atoms with Crippen molar-refractivity contribution in [3.63, 3.8) is 0 Å². The second kappa shape index (κ2) is 9.75. The molecule has 0 amide bonds. The van der Waals surface area contributed by atoms with Gasteiger partial charge in [0.25, 0.3) is 0 Å². The molecule has 2 unspecified atom stereocenters. The van der Waals surface area contributed by atoms with Gasteiger partial charge >= 0.3 is 0 Å². The molecule has 0 saturated heterocycles. The fourth-order valence-electron chi connectivity index (χ4n) is 3.31. The second-order valence-corrected chi connectivity index (χ2v) is 7.10. The second-order valence-electron chi connectivity index (χ2n) is 7.10. The Labute approximate surface area is 127 Å². The number of nitrogens with one attached hydrogen (secondary N) is 1. The van der Waals surface area contributed by atoms with Crippen molar-refractivity contribution in [2.75, 3.05) is 40.3 Å². The summed E-state index contributed by atoms with van der Waals surface area (Å²) in [6.45, 7) is 11.7. The van der Waals surface area contributed by atoms with Crippen LogP contribution in [-0.2, 0) is 0 Å². The van der Waals surface area contributed by atoms with Crippen LogP contribution >= 0.6 is 0 Å². The first-order chi connectivity index (χ1) is 9.54. The maximum absolute atomic E-state index is 3.81. The summed E-state index contributed by atoms with van der Waals surface area (Å²) in [5.74, 6) is 0.755. The first-order valence-corrected chi connectivity index (χ1v) is 8.66. The van der Waals surface area contributed by atoms with E-state index < -0.39 is 0 Å². The summed E-state index contributed by atoms with van der Waals surface area (Å²) in [5.41, 5.74) is 0. The minimum absolute atomic E-state index is 0.713. The molecule has 0 aromatic carbocycles. The SMILES string of the molecule is CCCNC1CCCCC1N(CCN(C)C)CC(C)C. The molecule has 20 heavy (non-hydrogen) atoms. The van der Waals surface area contributed by atoms with E-state index in [1.54, 1.807) is 0 Å². The molecule has 0 aromatic heterocycles. The van der Waals surface area contributed by atoms with E-state index in [1.165, 1.54) is 58.3 Å². The van der Waals surface area contributed by atoms with Gasteiger partial charge in [0.05, 0.1) is 0 Å². The zero-order valence-electron chi connectivity index (χ0n) is 14.5. The Morgan fingerprint density at radius 1 is 1.10 bits per heavy atom. The normalized spacial score (nSPS) is 24.0. The largest absolute Gasteiger partial charge is 0.312 e. The predicted octanol–water partition coefficient (Wildman–Crippen LogP) is 2.82. The van der Waals surface area contributed by atoms with Gasteiger partial charge in [0.1, 0.15) is 0 Å². The van der Waals surface area contributed by atoms with E-state index in [4.69, 9.17) is 0 Å². The van der Waals surface area contributed by atoms with Gasteiger partial charge in [-0.2, -0.15) is 0 Å². The third kappa shape index (κ3) is 6.55. The Morgan fingerprint density at radius 2 is 1.80 bits per heavy atom. The van der Waals surface area contributed by atoms with Crippen molar-refractivity contribution in [3.8, 4) is 0 Å². The van der Waals surface area contributed by atoms with Gasteiger partial charge in [-0.1, -0.05) is 33.6 Å². The average molecular weight is 284 g/mol. The molecule has 120 valence electrons. The fourth-order valence-corrected chi connectivity index (χ4v) is 3.31. The zero-order valence-corrected chi connectivity index (χ0v) is 14.5. The standard InChI is InChI=1S/C17H37N3/c1-6-11-18-16-9-7-8-10-17(16)20(14-15(2)3)13-12-19(4)5/h15-18H,6-14H2,1-5H3. The topological polar surface area (TPSA) is 18.5 Å². The molecule has 3 heteroatoms. The molecule has 1 saturated carbocycles. The molecule has 3 nitrogen and oxygen atoms in total. The monoisotopic (exact) mass is 283 g/mol. The van der Waals surface area contributed by atoms with E-state index in [-0.39, 0.29) is 0 Å². The summed E-state index contributed by atoms with van der Waals surface area (Å²) < 4.78 is 0. The van der Waals surface area contributed by atoms with Crippen molar-refractivity contribution in [3.05, 3.63) is 0 Å². The lowest BCUT2D eigenvalue weighted by atomic mass is 9.88. The van der Waals surface area contributed by atoms with Gasteiger partial charge in [0, 0.05) is 31.7 Å². The van der Waals surface area contributed by atoms with Crippen molar-refractivity contribution in [2.45, 2.75) is 65.0 Å². The molecule has 0 aliphatic heterocycles. The molecule has 0 heterocycles. The van der Waals surface area contributed by atoms with Crippen LogP contribution in [0.4, 0.5) is 0 Å². The van der Waals surface area contributed by atoms with Crippen LogP contribution in [0.5, 0.6) is 0 Å². The third-order valence-corrected chi connectivity index (χ3v) is 4.29. The first-order valence-electron chi connectivity index (χ1n) is 8.66. The highest BCUT2D eigenvalue weighted by molar-refractivity contribution is 4.88. The third-order valence-electron chi connectivity index (χ3n) is 4.29. The highest BCUT2D eigenvalue weighted by Crippen LogP contribution is 2.24. The predicted molar refractivity (Wildman–Crippen MR) is 89.3 cm³/mol. The molecule has 1 N–H and O–H groups in total. The van der Waals surface area contributed by atoms with Crippen LogP contribution in [-0.4, -0.2) is 62.2 Å². The molecule has 0 aromatic rings. The van der Waals surface area contributed by atoms with Gasteiger partial charge < -0.3 is 10.2 Å². The quantitative estimate of drug-likeness (QED) is 0.702. The molecular weight excluding hydrogens is 246 g/mol. The van der Waals surface area contributed by atoms with Crippen LogP contribution in [0.3, 0.4) is 0 Å². The summed E-state index contributed by atoms with van der Waals surface area (Å²) in [6.07, 6.45) is 6.79. The minimum atomic E-state index is 0.713. The van der Waals surface area contributed by atoms with Crippen LogP contribution < -0.4 is 5.32 Å². The number of hydrogen-bond donors (Lipinski definition) is 1. The lowest BCUT2D eigenvalue weighted by molar-refractivity contribution is 0.101. The molecule has 2 atom stereocenters. The van der Waals surface area contributed by atoms with Gasteiger partial charge in [0.2, 0.25) is 0 Å². The van der Waals surface area contributed by atoms with Crippen LogP contribution in [0.15, 0.2) is 0 Å². The molecule has 0 bridgehead atoms. The van der Waals surface area contributed by atoms with Crippen molar-refractivity contribution >= 4 is 0 Å². The molecule has 1 aliphatic rings. The minimum Gasteiger partial charge on any atom is -0.312 e. The highest BCUT2D eigenvalue weighted by atomic mass is 15.2. The van der Waals surface area contributed by atoms with Crippen LogP contribution in [0.1, 0.15) is 52.9 Å². The molecule has 1 aliphatic carbocycles. The lowest BCUT2D eigenvalue weighted by Crippen LogP contribution is -2.54. The summed E-state index contributed by atoms with van der Waals surface area (Å²) in [7, 11) is 4.36. The van der Waals surface area contributed by atoms with Gasteiger partial charge in [-0.15, -0.1) is 0 Å². The Morgan fingerprint density at radius 3 is 2.40 bits per heavy atom. The Balaban J connectivity index is 2.62. The molecule has 1 rings (SSSR count). The van der Waals surface area contributed by atoms with Crippen LogP contribution in [0.2, 0.25) is 0 Å². The van der Waals surface area contributed by atoms with Crippen LogP contribution in [0.25, 0.3) is 0 Å². The van der Waals surface area contributed by atoms with E-state index in [0.717, 1.165) is 12.0 Å². The van der Waals surface area contributed by atoms with Gasteiger partial charge in [-0.3, -0.25) is 4.90 Å². The molecule has 0 spiro atoms. The van der Waals surface area contributed by atoms with E-state index >= 15 is 0 Å². The maximum atomic E-state index is 3.81. The van der Waals surface area contributed by atoms with Gasteiger partial charge in [-0.05, 0) is 45.8 Å². The summed E-state index contributed by atoms with van der Waals surface area (Å²) in [4.78, 5) is 5.07. The Kier molecular flexibility index (Phi) is 8.74. The van der Waals surface area contributed by atoms with Gasteiger partial charge in [0.15, 0.2) is 0 Å².